The van der Waals surface area contributed by atoms with Crippen molar-refractivity contribution in [1.82, 2.24) is 10.4 Å². The predicted molar refractivity (Wildman–Crippen MR) is 119 cm³/mol. The van der Waals surface area contributed by atoms with E-state index in [0.29, 0.717) is 10.7 Å². The summed E-state index contributed by atoms with van der Waals surface area (Å²) in [6.07, 6.45) is 0.0321. The number of carbonyl (C=O) groups is 2. The first-order valence-corrected chi connectivity index (χ1v) is 9.49. The van der Waals surface area contributed by atoms with E-state index in [1.807, 2.05) is 0 Å². The van der Waals surface area contributed by atoms with Gasteiger partial charge < -0.3 is 15.3 Å². The lowest BCUT2D eigenvalue weighted by atomic mass is 9.79. The molecule has 0 saturated heterocycles. The van der Waals surface area contributed by atoms with E-state index in [0.717, 1.165) is 0 Å². The van der Waals surface area contributed by atoms with E-state index in [9.17, 15) is 19.5 Å². The zero-order chi connectivity index (χ0) is 23.9. The summed E-state index contributed by atoms with van der Waals surface area (Å²) < 4.78 is 5.30. The molecule has 0 aliphatic rings. The van der Waals surface area contributed by atoms with Gasteiger partial charge in [-0.2, -0.15) is 0 Å². The number of hydrogen-bond donors (Lipinski definition) is 4. The topological polar surface area (TPSA) is 160 Å². The Morgan fingerprint density at radius 2 is 1.81 bits per heavy atom. The molecular formula is C22H25N5O5. The summed E-state index contributed by atoms with van der Waals surface area (Å²) in [6, 6.07) is 13.8. The summed E-state index contributed by atoms with van der Waals surface area (Å²) >= 11 is 0. The number of hydrogen-bond acceptors (Lipinski definition) is 7. The van der Waals surface area contributed by atoms with Crippen LogP contribution in [0.4, 0.5) is 10.5 Å². The van der Waals surface area contributed by atoms with Crippen LogP contribution in [0.25, 0.3) is 5.57 Å². The van der Waals surface area contributed by atoms with Gasteiger partial charge in [0.25, 0.3) is 0 Å². The van der Waals surface area contributed by atoms with E-state index < -0.39 is 28.8 Å². The first-order chi connectivity index (χ1) is 15.1. The fraction of sp³-hybridized carbons (Fsp3) is 0.227. The molecule has 2 aromatic rings. The summed E-state index contributed by atoms with van der Waals surface area (Å²) in [7, 11) is 0. The standard InChI is InChI=1S/C22H25N5O5/c1-21(2,3)32-20(31)27(24)22(19(29)30,18(13-28)15-8-5-4-6-9-15)16-10-7-11-17(12-16)25-14-26-23/h4-12,14H,23-24H2,1-3H3,(H,25,26)(H,29,30)/t22-/m1/s1. The Balaban J connectivity index is 2.86. The Morgan fingerprint density at radius 1 is 1.16 bits per heavy atom. The van der Waals surface area contributed by atoms with Gasteiger partial charge in [-0.15, -0.1) is 0 Å². The number of nitrogens with two attached hydrogens (primary N) is 2. The molecule has 0 aliphatic heterocycles. The van der Waals surface area contributed by atoms with Gasteiger partial charge >= 0.3 is 12.1 Å². The Bertz CT molecular complexity index is 1060. The quantitative estimate of drug-likeness (QED) is 0.127. The second-order valence-corrected chi connectivity index (χ2v) is 7.68. The highest BCUT2D eigenvalue weighted by molar-refractivity contribution is 6.08. The van der Waals surface area contributed by atoms with Gasteiger partial charge in [0.2, 0.25) is 5.54 Å². The van der Waals surface area contributed by atoms with E-state index in [2.05, 4.69) is 10.4 Å². The van der Waals surface area contributed by atoms with Crippen LogP contribution in [0, 0.1) is 0 Å². The number of carbonyl (C=O) groups excluding carboxylic acids is 2. The summed E-state index contributed by atoms with van der Waals surface area (Å²) in [4.78, 5) is 42.0. The SMILES string of the molecule is CC(C)(C)OC(=O)N(N)[C@@](C(=O)O)(C(=C=O)c1ccccc1)c1cccc(N=CNN)c1. The molecule has 6 N–H and O–H groups in total. The largest absolute Gasteiger partial charge is 0.479 e. The van der Waals surface area contributed by atoms with E-state index in [-0.39, 0.29) is 11.1 Å². The average molecular weight is 439 g/mol. The average Bonchev–Trinajstić information content (AvgIpc) is 2.74. The Labute approximate surface area is 185 Å². The fourth-order valence-electron chi connectivity index (χ4n) is 3.05. The zero-order valence-corrected chi connectivity index (χ0v) is 17.9. The second-order valence-electron chi connectivity index (χ2n) is 7.68. The number of aliphatic carboxylic acids is 1. The van der Waals surface area contributed by atoms with E-state index >= 15 is 0 Å². The maximum absolute atomic E-state index is 12.9. The van der Waals surface area contributed by atoms with Gasteiger partial charge in [-0.3, -0.25) is 0 Å². The molecule has 1 amide bonds. The smallest absolute Gasteiger partial charge is 0.426 e. The minimum absolute atomic E-state index is 0.0211. The number of nitrogens with one attached hydrogen (secondary N) is 1. The van der Waals surface area contributed by atoms with Crippen LogP contribution < -0.4 is 17.1 Å². The molecule has 0 spiro atoms. The molecular weight excluding hydrogens is 414 g/mol. The highest BCUT2D eigenvalue weighted by Gasteiger charge is 2.53. The maximum Gasteiger partial charge on any atom is 0.426 e. The molecule has 0 bridgehead atoms. The van der Waals surface area contributed by atoms with Gasteiger partial charge in [-0.25, -0.2) is 36.1 Å². The molecule has 0 heterocycles. The maximum atomic E-state index is 12.9. The van der Waals surface area contributed by atoms with Crippen molar-refractivity contribution >= 4 is 35.6 Å². The number of aliphatic imine (C=N–C) groups is 1. The van der Waals surface area contributed by atoms with Crippen molar-refractivity contribution in [3.05, 3.63) is 65.7 Å². The van der Waals surface area contributed by atoms with Crippen LogP contribution in [0.5, 0.6) is 0 Å². The van der Waals surface area contributed by atoms with Crippen molar-refractivity contribution in [3.8, 4) is 0 Å². The zero-order valence-electron chi connectivity index (χ0n) is 17.9. The van der Waals surface area contributed by atoms with Gasteiger partial charge in [0.15, 0.2) is 0 Å². The summed E-state index contributed by atoms with van der Waals surface area (Å²) in [5, 5.41) is 10.8. The van der Waals surface area contributed by atoms with E-state index in [1.165, 1.54) is 36.7 Å². The van der Waals surface area contributed by atoms with Gasteiger partial charge in [0.1, 0.15) is 17.9 Å². The lowest BCUT2D eigenvalue weighted by Gasteiger charge is -2.38. The highest BCUT2D eigenvalue weighted by Crippen LogP contribution is 2.41. The van der Waals surface area contributed by atoms with Gasteiger partial charge in [0, 0.05) is 0 Å². The lowest BCUT2D eigenvalue weighted by Crippen LogP contribution is -2.60. The molecule has 0 saturated carbocycles. The molecule has 0 aliphatic carbocycles. The first kappa shape index (κ1) is 24.3. The molecule has 1 atom stereocenters. The summed E-state index contributed by atoms with van der Waals surface area (Å²) in [5.74, 6) is 11.4. The van der Waals surface area contributed by atoms with Gasteiger partial charge in [-0.05, 0) is 44.0 Å². The molecule has 0 radical (unpaired) electrons. The number of ether oxygens (including phenoxy) is 1. The minimum atomic E-state index is -2.48. The number of rotatable bonds is 7. The van der Waals surface area contributed by atoms with E-state index in [1.54, 1.807) is 51.0 Å². The number of nitrogens with zero attached hydrogens (tertiary/aromatic N) is 2. The van der Waals surface area contributed by atoms with Crippen LogP contribution in [-0.4, -0.2) is 40.1 Å². The fourth-order valence-corrected chi connectivity index (χ4v) is 3.05. The lowest BCUT2D eigenvalue weighted by molar-refractivity contribution is -0.148. The van der Waals surface area contributed by atoms with Crippen molar-refractivity contribution in [2.75, 3.05) is 0 Å². The number of carboxylic acids is 1. The van der Waals surface area contributed by atoms with Crippen LogP contribution in [-0.2, 0) is 19.9 Å². The molecule has 168 valence electrons. The highest BCUT2D eigenvalue weighted by atomic mass is 16.6. The van der Waals surface area contributed by atoms with Crippen molar-refractivity contribution in [3.63, 3.8) is 0 Å². The van der Waals surface area contributed by atoms with Crippen molar-refractivity contribution in [2.45, 2.75) is 31.9 Å². The van der Waals surface area contributed by atoms with Crippen LogP contribution in [0.3, 0.4) is 0 Å². The monoisotopic (exact) mass is 439 g/mol. The second kappa shape index (κ2) is 9.88. The third-order valence-electron chi connectivity index (χ3n) is 4.34. The molecule has 2 rings (SSSR count). The normalized spacial score (nSPS) is 13.0. The number of carboxylic acid groups (broad SMARTS) is 1. The molecule has 0 fully saturated rings. The number of amides is 1. The van der Waals surface area contributed by atoms with Crippen molar-refractivity contribution in [2.24, 2.45) is 16.7 Å². The molecule has 2 aromatic carbocycles. The van der Waals surface area contributed by atoms with Crippen LogP contribution in [0.1, 0.15) is 31.9 Å². The predicted octanol–water partition coefficient (Wildman–Crippen LogP) is 2.12. The Kier molecular flexibility index (Phi) is 7.50. The Hall–Kier alpha value is -3.98. The van der Waals surface area contributed by atoms with Gasteiger partial charge in [-0.1, -0.05) is 42.5 Å². The van der Waals surface area contributed by atoms with E-state index in [4.69, 9.17) is 16.4 Å². The molecule has 32 heavy (non-hydrogen) atoms. The molecule has 10 heteroatoms. The number of benzene rings is 2. The first-order valence-electron chi connectivity index (χ1n) is 9.49. The van der Waals surface area contributed by atoms with Crippen molar-refractivity contribution < 1.29 is 24.2 Å². The van der Waals surface area contributed by atoms with Gasteiger partial charge in [0.05, 0.1) is 11.3 Å². The molecule has 10 nitrogen and oxygen atoms in total. The third-order valence-corrected chi connectivity index (χ3v) is 4.34. The molecule has 0 unspecified atom stereocenters. The number of hydrazine groups is 2. The minimum Gasteiger partial charge on any atom is -0.479 e. The van der Waals surface area contributed by atoms with Crippen molar-refractivity contribution in [1.29, 1.82) is 0 Å². The third kappa shape index (κ3) is 5.01. The van der Waals surface area contributed by atoms with Crippen LogP contribution >= 0.6 is 0 Å². The van der Waals surface area contributed by atoms with Crippen LogP contribution in [0.2, 0.25) is 0 Å². The van der Waals surface area contributed by atoms with Crippen LogP contribution in [0.15, 0.2) is 59.6 Å². The summed E-state index contributed by atoms with van der Waals surface area (Å²) in [5.41, 5.74) is -1.13. The Morgan fingerprint density at radius 3 is 2.34 bits per heavy atom. The molecule has 0 aromatic heterocycles. The summed E-state index contributed by atoms with van der Waals surface area (Å²) in [6.45, 7) is 4.80.